The molecular formula is C9H10O5S. The fourth-order valence-corrected chi connectivity index (χ4v) is 1.93. The molecule has 0 amide bonds. The Balaban J connectivity index is 3.36. The molecule has 0 radical (unpaired) electrons. The lowest BCUT2D eigenvalue weighted by atomic mass is 10.1. The lowest BCUT2D eigenvalue weighted by Crippen LogP contribution is -2.09. The third-order valence-corrected chi connectivity index (χ3v) is 2.94. The lowest BCUT2D eigenvalue weighted by Gasteiger charge is -2.11. The van der Waals surface area contributed by atoms with Crippen molar-refractivity contribution in [2.24, 2.45) is 0 Å². The summed E-state index contributed by atoms with van der Waals surface area (Å²) in [6.07, 6.45) is 0.962. The summed E-state index contributed by atoms with van der Waals surface area (Å²) in [6.45, 7) is 3.24. The van der Waals surface area contributed by atoms with Crippen LogP contribution in [-0.2, 0) is 10.1 Å². The summed E-state index contributed by atoms with van der Waals surface area (Å²) >= 11 is 0. The van der Waals surface area contributed by atoms with Gasteiger partial charge in [0, 0.05) is 5.56 Å². The zero-order chi connectivity index (χ0) is 11.6. The van der Waals surface area contributed by atoms with Crippen molar-refractivity contribution in [3.05, 3.63) is 36.4 Å². The number of phenols is 2. The van der Waals surface area contributed by atoms with Crippen LogP contribution in [0.2, 0.25) is 0 Å². The minimum absolute atomic E-state index is 0.118. The Hall–Kier alpha value is -1.53. The van der Waals surface area contributed by atoms with Gasteiger partial charge in [0.1, 0.15) is 16.7 Å². The Kier molecular flexibility index (Phi) is 3.01. The molecule has 0 saturated heterocycles. The van der Waals surface area contributed by atoms with Crippen LogP contribution in [0.1, 0.15) is 10.8 Å². The second-order valence-corrected chi connectivity index (χ2v) is 4.45. The number of hydrogen-bond donors (Lipinski definition) is 3. The molecule has 1 rings (SSSR count). The number of rotatable bonds is 3. The Labute approximate surface area is 87.1 Å². The standard InChI is InChI=1S/C9H10O5S/c1-2-9(15(12,13)14)7-5-6(10)3-4-8(7)11/h2-5,9-11H,1H2,(H,12,13,14). The van der Waals surface area contributed by atoms with Crippen LogP contribution in [-0.4, -0.2) is 23.2 Å². The zero-order valence-electron chi connectivity index (χ0n) is 7.66. The molecule has 0 aromatic heterocycles. The highest BCUT2D eigenvalue weighted by Gasteiger charge is 2.24. The number of aromatic hydroxyl groups is 2. The summed E-state index contributed by atoms with van der Waals surface area (Å²) in [7, 11) is -4.40. The quantitative estimate of drug-likeness (QED) is 0.412. The summed E-state index contributed by atoms with van der Waals surface area (Å²) in [4.78, 5) is 0. The molecule has 0 aliphatic heterocycles. The van der Waals surface area contributed by atoms with E-state index in [4.69, 9.17) is 9.66 Å². The highest BCUT2D eigenvalue weighted by molar-refractivity contribution is 7.86. The molecule has 0 aliphatic carbocycles. The summed E-state index contributed by atoms with van der Waals surface area (Å²) in [5.41, 5.74) is -0.118. The molecule has 1 aromatic carbocycles. The molecule has 0 spiro atoms. The van der Waals surface area contributed by atoms with Gasteiger partial charge in [-0.3, -0.25) is 4.55 Å². The first kappa shape index (κ1) is 11.5. The van der Waals surface area contributed by atoms with E-state index in [9.17, 15) is 13.5 Å². The van der Waals surface area contributed by atoms with Gasteiger partial charge in [0.25, 0.3) is 10.1 Å². The van der Waals surface area contributed by atoms with E-state index in [1.165, 1.54) is 6.07 Å². The summed E-state index contributed by atoms with van der Waals surface area (Å²) in [5, 5.41) is 17.0. The predicted molar refractivity (Wildman–Crippen MR) is 54.3 cm³/mol. The van der Waals surface area contributed by atoms with E-state index < -0.39 is 15.4 Å². The van der Waals surface area contributed by atoms with Crippen molar-refractivity contribution in [1.82, 2.24) is 0 Å². The van der Waals surface area contributed by atoms with Gasteiger partial charge in [-0.2, -0.15) is 8.42 Å². The van der Waals surface area contributed by atoms with Crippen molar-refractivity contribution < 1.29 is 23.2 Å². The fourth-order valence-electron chi connectivity index (χ4n) is 1.18. The van der Waals surface area contributed by atoms with E-state index in [2.05, 4.69) is 6.58 Å². The van der Waals surface area contributed by atoms with E-state index in [1.54, 1.807) is 0 Å². The van der Waals surface area contributed by atoms with Crippen LogP contribution in [0, 0.1) is 0 Å². The largest absolute Gasteiger partial charge is 0.508 e. The second-order valence-electron chi connectivity index (χ2n) is 2.91. The smallest absolute Gasteiger partial charge is 0.275 e. The number of benzene rings is 1. The van der Waals surface area contributed by atoms with Crippen LogP contribution in [0.3, 0.4) is 0 Å². The molecule has 15 heavy (non-hydrogen) atoms. The van der Waals surface area contributed by atoms with Gasteiger partial charge >= 0.3 is 0 Å². The molecule has 6 heteroatoms. The Morgan fingerprint density at radius 2 is 1.93 bits per heavy atom. The van der Waals surface area contributed by atoms with Crippen LogP contribution in [0.25, 0.3) is 0 Å². The molecule has 1 atom stereocenters. The molecule has 0 fully saturated rings. The Morgan fingerprint density at radius 3 is 2.40 bits per heavy atom. The van der Waals surface area contributed by atoms with Gasteiger partial charge in [-0.1, -0.05) is 6.08 Å². The van der Waals surface area contributed by atoms with Crippen molar-refractivity contribution in [2.75, 3.05) is 0 Å². The summed E-state index contributed by atoms with van der Waals surface area (Å²) < 4.78 is 30.7. The van der Waals surface area contributed by atoms with Crippen molar-refractivity contribution in [2.45, 2.75) is 5.25 Å². The third kappa shape index (κ3) is 2.48. The maximum Gasteiger partial charge on any atom is 0.275 e. The lowest BCUT2D eigenvalue weighted by molar-refractivity contribution is 0.448. The van der Waals surface area contributed by atoms with Crippen LogP contribution < -0.4 is 0 Å². The summed E-state index contributed by atoms with van der Waals surface area (Å²) in [5.74, 6) is -0.548. The van der Waals surface area contributed by atoms with Gasteiger partial charge in [-0.05, 0) is 18.2 Å². The third-order valence-electron chi connectivity index (χ3n) is 1.85. The maximum absolute atomic E-state index is 10.9. The minimum Gasteiger partial charge on any atom is -0.508 e. The van der Waals surface area contributed by atoms with E-state index in [-0.39, 0.29) is 17.1 Å². The number of phenolic OH excluding ortho intramolecular Hbond substituents is 2. The molecule has 0 aliphatic rings. The van der Waals surface area contributed by atoms with Gasteiger partial charge in [0.2, 0.25) is 0 Å². The van der Waals surface area contributed by atoms with Crippen LogP contribution in [0.15, 0.2) is 30.9 Å². The first-order valence-electron chi connectivity index (χ1n) is 3.97. The first-order valence-corrected chi connectivity index (χ1v) is 5.47. The summed E-state index contributed by atoms with van der Waals surface area (Å²) in [6, 6.07) is 3.38. The number of hydrogen-bond acceptors (Lipinski definition) is 4. The van der Waals surface area contributed by atoms with Gasteiger partial charge < -0.3 is 10.2 Å². The average molecular weight is 230 g/mol. The van der Waals surface area contributed by atoms with Crippen molar-refractivity contribution in [3.63, 3.8) is 0 Å². The monoisotopic (exact) mass is 230 g/mol. The second kappa shape index (κ2) is 3.92. The van der Waals surface area contributed by atoms with Crippen LogP contribution in [0.4, 0.5) is 0 Å². The van der Waals surface area contributed by atoms with Gasteiger partial charge in [0.15, 0.2) is 0 Å². The Bertz CT molecular complexity index is 477. The van der Waals surface area contributed by atoms with E-state index in [0.717, 1.165) is 18.2 Å². The fraction of sp³-hybridized carbons (Fsp3) is 0.111. The van der Waals surface area contributed by atoms with E-state index >= 15 is 0 Å². The molecule has 1 aromatic rings. The molecule has 0 bridgehead atoms. The normalized spacial score (nSPS) is 13.4. The minimum atomic E-state index is -4.40. The Morgan fingerprint density at radius 1 is 1.33 bits per heavy atom. The highest BCUT2D eigenvalue weighted by atomic mass is 32.2. The molecule has 0 heterocycles. The van der Waals surface area contributed by atoms with Crippen LogP contribution >= 0.6 is 0 Å². The van der Waals surface area contributed by atoms with Gasteiger partial charge in [0.05, 0.1) is 0 Å². The van der Waals surface area contributed by atoms with Crippen LogP contribution in [0.5, 0.6) is 11.5 Å². The van der Waals surface area contributed by atoms with Gasteiger partial charge in [-0.25, -0.2) is 0 Å². The van der Waals surface area contributed by atoms with Gasteiger partial charge in [-0.15, -0.1) is 6.58 Å². The molecule has 1 unspecified atom stereocenters. The van der Waals surface area contributed by atoms with E-state index in [0.29, 0.717) is 0 Å². The zero-order valence-corrected chi connectivity index (χ0v) is 8.48. The average Bonchev–Trinajstić information content (AvgIpc) is 2.10. The molecular weight excluding hydrogens is 220 g/mol. The SMILES string of the molecule is C=CC(c1cc(O)ccc1O)S(=O)(=O)O. The molecule has 0 saturated carbocycles. The first-order chi connectivity index (χ1) is 6.86. The van der Waals surface area contributed by atoms with Crippen molar-refractivity contribution in [3.8, 4) is 11.5 Å². The molecule has 3 N–H and O–H groups in total. The molecule has 82 valence electrons. The predicted octanol–water partition coefficient (Wildman–Crippen LogP) is 1.21. The van der Waals surface area contributed by atoms with Crippen molar-refractivity contribution in [1.29, 1.82) is 0 Å². The maximum atomic E-state index is 10.9. The van der Waals surface area contributed by atoms with Crippen molar-refractivity contribution >= 4 is 10.1 Å². The highest BCUT2D eigenvalue weighted by Crippen LogP contribution is 2.32. The molecule has 5 nitrogen and oxygen atoms in total. The topological polar surface area (TPSA) is 94.8 Å². The van der Waals surface area contributed by atoms with E-state index in [1.807, 2.05) is 0 Å².